The monoisotopic (exact) mass is 241 g/mol. The van der Waals surface area contributed by atoms with Crippen LogP contribution >= 0.6 is 11.8 Å². The zero-order chi connectivity index (χ0) is 11.2. The van der Waals surface area contributed by atoms with Gasteiger partial charge in [0, 0.05) is 18.3 Å². The van der Waals surface area contributed by atoms with E-state index in [0.29, 0.717) is 0 Å². The van der Waals surface area contributed by atoms with Gasteiger partial charge in [-0.1, -0.05) is 13.3 Å². The Morgan fingerprint density at radius 1 is 1.00 bits per heavy atom. The van der Waals surface area contributed by atoms with Gasteiger partial charge in [0.05, 0.1) is 0 Å². The van der Waals surface area contributed by atoms with Crippen molar-refractivity contribution in [1.29, 1.82) is 0 Å². The Kier molecular flexibility index (Phi) is 5.51. The molecule has 0 aromatic rings. The Bertz CT molecular complexity index is 183. The molecule has 0 radical (unpaired) electrons. The third-order valence-corrected chi connectivity index (χ3v) is 5.35. The van der Waals surface area contributed by atoms with Crippen molar-refractivity contribution in [3.8, 4) is 0 Å². The van der Waals surface area contributed by atoms with Gasteiger partial charge in [-0.05, 0) is 56.1 Å². The Labute approximate surface area is 105 Å². The Morgan fingerprint density at radius 2 is 1.69 bits per heavy atom. The van der Waals surface area contributed by atoms with E-state index in [1.807, 2.05) is 0 Å². The fourth-order valence-corrected chi connectivity index (χ4v) is 3.74. The molecule has 0 amide bonds. The van der Waals surface area contributed by atoms with Crippen LogP contribution in [0.1, 0.15) is 51.9 Å². The first kappa shape index (κ1) is 12.8. The van der Waals surface area contributed by atoms with E-state index in [0.717, 1.165) is 17.9 Å². The van der Waals surface area contributed by atoms with Crippen molar-refractivity contribution in [2.75, 3.05) is 18.1 Å². The van der Waals surface area contributed by atoms with Crippen molar-refractivity contribution in [2.24, 2.45) is 11.8 Å². The highest BCUT2D eigenvalue weighted by Gasteiger charge is 2.21. The molecule has 2 fully saturated rings. The summed E-state index contributed by atoms with van der Waals surface area (Å²) in [6, 6.07) is 0.837. The van der Waals surface area contributed by atoms with Crippen molar-refractivity contribution in [3.63, 3.8) is 0 Å². The minimum Gasteiger partial charge on any atom is -0.313 e. The molecule has 2 aliphatic rings. The molecule has 2 saturated carbocycles. The largest absolute Gasteiger partial charge is 0.313 e. The minimum absolute atomic E-state index is 0.837. The first-order valence-corrected chi connectivity index (χ1v) is 8.35. The van der Waals surface area contributed by atoms with Crippen molar-refractivity contribution in [1.82, 2.24) is 5.32 Å². The first-order chi connectivity index (χ1) is 7.88. The van der Waals surface area contributed by atoms with Crippen molar-refractivity contribution >= 4 is 11.8 Å². The Hall–Kier alpha value is 0.310. The second kappa shape index (κ2) is 6.90. The lowest BCUT2D eigenvalue weighted by atomic mass is 9.84. The van der Waals surface area contributed by atoms with Gasteiger partial charge in [0.1, 0.15) is 0 Å². The molecule has 0 bridgehead atoms. The molecule has 94 valence electrons. The molecule has 0 unspecified atom stereocenters. The third kappa shape index (κ3) is 4.67. The maximum Gasteiger partial charge on any atom is 0.00676 e. The van der Waals surface area contributed by atoms with Gasteiger partial charge in [0.2, 0.25) is 0 Å². The first-order valence-electron chi connectivity index (χ1n) is 7.19. The Morgan fingerprint density at radius 3 is 2.31 bits per heavy atom. The molecule has 2 aliphatic carbocycles. The average molecular weight is 241 g/mol. The smallest absolute Gasteiger partial charge is 0.00676 e. The normalized spacial score (nSPS) is 30.6. The van der Waals surface area contributed by atoms with Crippen LogP contribution in [0.4, 0.5) is 0 Å². The molecule has 0 spiro atoms. The van der Waals surface area contributed by atoms with Gasteiger partial charge < -0.3 is 5.32 Å². The molecular formula is C14H27NS. The lowest BCUT2D eigenvalue weighted by Crippen LogP contribution is -2.34. The summed E-state index contributed by atoms with van der Waals surface area (Å²) in [7, 11) is 0. The highest BCUT2D eigenvalue weighted by molar-refractivity contribution is 7.99. The van der Waals surface area contributed by atoms with E-state index in [4.69, 9.17) is 0 Å². The van der Waals surface area contributed by atoms with Crippen LogP contribution in [0.2, 0.25) is 0 Å². The number of nitrogens with one attached hydrogen (secondary N) is 1. The van der Waals surface area contributed by atoms with Crippen LogP contribution in [-0.4, -0.2) is 24.1 Å². The topological polar surface area (TPSA) is 12.0 Å². The zero-order valence-electron chi connectivity index (χ0n) is 10.7. The summed E-state index contributed by atoms with van der Waals surface area (Å²) in [5.41, 5.74) is 0. The second-order valence-electron chi connectivity index (χ2n) is 5.60. The summed E-state index contributed by atoms with van der Waals surface area (Å²) in [5, 5.41) is 3.74. The van der Waals surface area contributed by atoms with Gasteiger partial charge in [-0.2, -0.15) is 11.8 Å². The SMILES string of the molecule is CCC1CCC(NCCSCC2CC2)CC1. The summed E-state index contributed by atoms with van der Waals surface area (Å²) in [6.07, 6.45) is 10.2. The quantitative estimate of drug-likeness (QED) is 0.682. The van der Waals surface area contributed by atoms with Crippen LogP contribution < -0.4 is 5.32 Å². The number of thioether (sulfide) groups is 1. The fourth-order valence-electron chi connectivity index (χ4n) is 2.64. The van der Waals surface area contributed by atoms with E-state index >= 15 is 0 Å². The summed E-state index contributed by atoms with van der Waals surface area (Å²) >= 11 is 2.15. The van der Waals surface area contributed by atoms with Crippen molar-refractivity contribution in [3.05, 3.63) is 0 Å². The van der Waals surface area contributed by atoms with Gasteiger partial charge in [0.15, 0.2) is 0 Å². The summed E-state index contributed by atoms with van der Waals surface area (Å²) in [6.45, 7) is 3.58. The van der Waals surface area contributed by atoms with Crippen LogP contribution in [0.3, 0.4) is 0 Å². The van der Waals surface area contributed by atoms with E-state index in [2.05, 4.69) is 24.0 Å². The molecule has 1 N–H and O–H groups in total. The predicted molar refractivity (Wildman–Crippen MR) is 74.1 cm³/mol. The third-order valence-electron chi connectivity index (χ3n) is 4.15. The minimum atomic E-state index is 0.837. The van der Waals surface area contributed by atoms with E-state index < -0.39 is 0 Å². The lowest BCUT2D eigenvalue weighted by molar-refractivity contribution is 0.289. The molecule has 1 nitrogen and oxygen atoms in total. The molecule has 2 heteroatoms. The number of hydrogen-bond acceptors (Lipinski definition) is 2. The average Bonchev–Trinajstić information content (AvgIpc) is 3.13. The van der Waals surface area contributed by atoms with Crippen LogP contribution in [-0.2, 0) is 0 Å². The number of rotatable bonds is 7. The lowest BCUT2D eigenvalue weighted by Gasteiger charge is -2.28. The van der Waals surface area contributed by atoms with Crippen molar-refractivity contribution in [2.45, 2.75) is 57.9 Å². The molecule has 0 saturated heterocycles. The van der Waals surface area contributed by atoms with E-state index in [9.17, 15) is 0 Å². The molecule has 0 aromatic heterocycles. The molecule has 0 heterocycles. The van der Waals surface area contributed by atoms with Crippen LogP contribution in [0, 0.1) is 11.8 Å². The van der Waals surface area contributed by atoms with E-state index in [1.54, 1.807) is 0 Å². The molecule has 2 rings (SSSR count). The maximum atomic E-state index is 3.74. The van der Waals surface area contributed by atoms with Gasteiger partial charge >= 0.3 is 0 Å². The van der Waals surface area contributed by atoms with E-state index in [1.165, 1.54) is 63.0 Å². The summed E-state index contributed by atoms with van der Waals surface area (Å²) < 4.78 is 0. The van der Waals surface area contributed by atoms with Gasteiger partial charge in [-0.25, -0.2) is 0 Å². The highest BCUT2D eigenvalue weighted by atomic mass is 32.2. The molecular weight excluding hydrogens is 214 g/mol. The molecule has 16 heavy (non-hydrogen) atoms. The predicted octanol–water partition coefficient (Wildman–Crippen LogP) is 3.69. The Balaban J connectivity index is 1.43. The maximum absolute atomic E-state index is 3.74. The summed E-state index contributed by atoms with van der Waals surface area (Å²) in [4.78, 5) is 0. The zero-order valence-corrected chi connectivity index (χ0v) is 11.5. The van der Waals surface area contributed by atoms with E-state index in [-0.39, 0.29) is 0 Å². The number of hydrogen-bond donors (Lipinski definition) is 1. The van der Waals surface area contributed by atoms with Gasteiger partial charge in [0.25, 0.3) is 0 Å². The van der Waals surface area contributed by atoms with Crippen LogP contribution in [0.5, 0.6) is 0 Å². The summed E-state index contributed by atoms with van der Waals surface area (Å²) in [5.74, 6) is 4.86. The standard InChI is InChI=1S/C14H27NS/c1-2-12-5-7-14(8-6-12)15-9-10-16-11-13-3-4-13/h12-15H,2-11H2,1H3. The highest BCUT2D eigenvalue weighted by Crippen LogP contribution is 2.32. The molecule has 0 aromatic carbocycles. The fraction of sp³-hybridized carbons (Fsp3) is 1.00. The van der Waals surface area contributed by atoms with Gasteiger partial charge in [-0.3, -0.25) is 0 Å². The van der Waals surface area contributed by atoms with Crippen molar-refractivity contribution < 1.29 is 0 Å². The van der Waals surface area contributed by atoms with Crippen LogP contribution in [0.25, 0.3) is 0 Å². The molecule has 0 aliphatic heterocycles. The second-order valence-corrected chi connectivity index (χ2v) is 6.75. The molecule has 0 atom stereocenters. The van der Waals surface area contributed by atoms with Crippen LogP contribution in [0.15, 0.2) is 0 Å². The van der Waals surface area contributed by atoms with Gasteiger partial charge in [-0.15, -0.1) is 0 Å².